The number of rotatable bonds is 5. The molecule has 0 saturated heterocycles. The summed E-state index contributed by atoms with van der Waals surface area (Å²) in [6, 6.07) is 5.41. The first kappa shape index (κ1) is 13.7. The first-order chi connectivity index (χ1) is 8.02. The molecule has 0 fully saturated rings. The topological polar surface area (TPSA) is 66.4 Å². The van der Waals surface area contributed by atoms with E-state index in [2.05, 4.69) is 21.2 Å². The zero-order valence-electron chi connectivity index (χ0n) is 9.50. The summed E-state index contributed by atoms with van der Waals surface area (Å²) in [7, 11) is 0. The van der Waals surface area contributed by atoms with Crippen molar-refractivity contribution in [2.24, 2.45) is 0 Å². The van der Waals surface area contributed by atoms with Crippen molar-refractivity contribution >= 4 is 27.8 Å². The lowest BCUT2D eigenvalue weighted by Gasteiger charge is -2.08. The lowest BCUT2D eigenvalue weighted by atomic mass is 10.1. The third kappa shape index (κ3) is 4.19. The summed E-state index contributed by atoms with van der Waals surface area (Å²) in [5, 5.41) is 11.2. The van der Waals surface area contributed by atoms with Crippen LogP contribution >= 0.6 is 15.9 Å². The predicted octanol–water partition coefficient (Wildman–Crippen LogP) is 2.35. The summed E-state index contributed by atoms with van der Waals surface area (Å²) in [4.78, 5) is 22.1. The number of hydrogen-bond acceptors (Lipinski definition) is 2. The summed E-state index contributed by atoms with van der Waals surface area (Å²) in [5.41, 5.74) is 1.48. The van der Waals surface area contributed by atoms with Crippen molar-refractivity contribution < 1.29 is 14.7 Å². The van der Waals surface area contributed by atoms with Crippen LogP contribution < -0.4 is 5.32 Å². The number of carboxylic acid groups (broad SMARTS) is 1. The van der Waals surface area contributed by atoms with Crippen LogP contribution in [0.5, 0.6) is 0 Å². The largest absolute Gasteiger partial charge is 0.481 e. The van der Waals surface area contributed by atoms with E-state index >= 15 is 0 Å². The van der Waals surface area contributed by atoms with E-state index in [1.54, 1.807) is 12.1 Å². The van der Waals surface area contributed by atoms with Crippen molar-refractivity contribution in [1.82, 2.24) is 5.32 Å². The third-order valence-corrected chi connectivity index (χ3v) is 3.22. The van der Waals surface area contributed by atoms with E-state index in [9.17, 15) is 9.59 Å². The molecule has 0 bridgehead atoms. The van der Waals surface area contributed by atoms with Crippen LogP contribution in [0.3, 0.4) is 0 Å². The van der Waals surface area contributed by atoms with Crippen LogP contribution in [-0.2, 0) is 4.79 Å². The highest BCUT2D eigenvalue weighted by Gasteiger charge is 2.09. The zero-order valence-corrected chi connectivity index (χ0v) is 11.1. The SMILES string of the molecule is Cc1c(Br)cccc1C(=O)NCCCC(=O)O. The number of nitrogens with one attached hydrogen (secondary N) is 1. The van der Waals surface area contributed by atoms with Crippen LogP contribution in [0.4, 0.5) is 0 Å². The Bertz CT molecular complexity index is 432. The highest BCUT2D eigenvalue weighted by Crippen LogP contribution is 2.19. The van der Waals surface area contributed by atoms with Gasteiger partial charge in [-0.25, -0.2) is 0 Å². The maximum Gasteiger partial charge on any atom is 0.303 e. The lowest BCUT2D eigenvalue weighted by molar-refractivity contribution is -0.137. The second-order valence-corrected chi connectivity index (χ2v) is 4.52. The van der Waals surface area contributed by atoms with Crippen LogP contribution in [0.15, 0.2) is 22.7 Å². The van der Waals surface area contributed by atoms with Crippen LogP contribution in [0.2, 0.25) is 0 Å². The number of carboxylic acids is 1. The van der Waals surface area contributed by atoms with Gasteiger partial charge in [-0.2, -0.15) is 0 Å². The molecule has 0 unspecified atom stereocenters. The van der Waals surface area contributed by atoms with Crippen molar-refractivity contribution in [3.63, 3.8) is 0 Å². The molecule has 0 aliphatic carbocycles. The molecule has 0 aromatic heterocycles. The Morgan fingerprint density at radius 2 is 2.12 bits per heavy atom. The highest BCUT2D eigenvalue weighted by molar-refractivity contribution is 9.10. The van der Waals surface area contributed by atoms with Gasteiger partial charge in [-0.05, 0) is 31.0 Å². The van der Waals surface area contributed by atoms with E-state index < -0.39 is 5.97 Å². The molecule has 0 aliphatic rings. The molecule has 0 saturated carbocycles. The monoisotopic (exact) mass is 299 g/mol. The normalized spacial score (nSPS) is 10.0. The third-order valence-electron chi connectivity index (χ3n) is 2.37. The molecular formula is C12H14BrNO3. The standard InChI is InChI=1S/C12H14BrNO3/c1-8-9(4-2-5-10(8)13)12(17)14-7-3-6-11(15)16/h2,4-5H,3,6-7H2,1H3,(H,14,17)(H,15,16). The number of benzene rings is 1. The average molecular weight is 300 g/mol. The van der Waals surface area contributed by atoms with E-state index in [1.807, 2.05) is 13.0 Å². The fraction of sp³-hybridized carbons (Fsp3) is 0.333. The summed E-state index contributed by atoms with van der Waals surface area (Å²) in [6.45, 7) is 2.23. The Hall–Kier alpha value is -1.36. The minimum Gasteiger partial charge on any atom is -0.481 e. The number of amides is 1. The molecule has 0 heterocycles. The number of hydrogen-bond donors (Lipinski definition) is 2. The quantitative estimate of drug-likeness (QED) is 0.820. The van der Waals surface area contributed by atoms with Crippen molar-refractivity contribution in [3.05, 3.63) is 33.8 Å². The Labute approximate surface area is 108 Å². The highest BCUT2D eigenvalue weighted by atomic mass is 79.9. The fourth-order valence-electron chi connectivity index (χ4n) is 1.39. The molecule has 0 aliphatic heterocycles. The van der Waals surface area contributed by atoms with Gasteiger partial charge in [0, 0.05) is 23.0 Å². The van der Waals surface area contributed by atoms with Gasteiger partial charge in [-0.15, -0.1) is 0 Å². The van der Waals surface area contributed by atoms with Gasteiger partial charge >= 0.3 is 5.97 Å². The summed E-state index contributed by atoms with van der Waals surface area (Å²) < 4.78 is 0.885. The first-order valence-corrected chi connectivity index (χ1v) is 6.06. The van der Waals surface area contributed by atoms with Crippen LogP contribution in [0.25, 0.3) is 0 Å². The predicted molar refractivity (Wildman–Crippen MR) is 68.1 cm³/mol. The maximum atomic E-state index is 11.8. The summed E-state index contributed by atoms with van der Waals surface area (Å²) in [6.07, 6.45) is 0.506. The molecule has 0 radical (unpaired) electrons. The van der Waals surface area contributed by atoms with E-state index in [1.165, 1.54) is 0 Å². The van der Waals surface area contributed by atoms with Crippen LogP contribution in [0, 0.1) is 6.92 Å². The van der Waals surface area contributed by atoms with Gasteiger partial charge in [-0.3, -0.25) is 9.59 Å². The molecule has 0 spiro atoms. The molecule has 1 rings (SSSR count). The van der Waals surface area contributed by atoms with Gasteiger partial charge < -0.3 is 10.4 Å². The van der Waals surface area contributed by atoms with E-state index in [0.717, 1.165) is 10.0 Å². The second kappa shape index (κ2) is 6.39. The van der Waals surface area contributed by atoms with Gasteiger partial charge in [0.15, 0.2) is 0 Å². The van der Waals surface area contributed by atoms with Crippen LogP contribution in [0.1, 0.15) is 28.8 Å². The molecule has 1 aromatic rings. The smallest absolute Gasteiger partial charge is 0.303 e. The van der Waals surface area contributed by atoms with Gasteiger partial charge in [0.2, 0.25) is 0 Å². The van der Waals surface area contributed by atoms with Gasteiger partial charge in [0.1, 0.15) is 0 Å². The molecule has 0 atom stereocenters. The van der Waals surface area contributed by atoms with Crippen molar-refractivity contribution in [1.29, 1.82) is 0 Å². The molecule has 5 heteroatoms. The molecule has 1 aromatic carbocycles. The second-order valence-electron chi connectivity index (χ2n) is 3.67. The van der Waals surface area contributed by atoms with Crippen molar-refractivity contribution in [3.8, 4) is 0 Å². The Kier molecular flexibility index (Phi) is 5.15. The average Bonchev–Trinajstić information content (AvgIpc) is 2.27. The summed E-state index contributed by atoms with van der Waals surface area (Å²) in [5.74, 6) is -1.02. The lowest BCUT2D eigenvalue weighted by Crippen LogP contribution is -2.25. The molecule has 17 heavy (non-hydrogen) atoms. The number of halogens is 1. The Balaban J connectivity index is 2.53. The minimum absolute atomic E-state index is 0.0672. The number of carbonyl (C=O) groups is 2. The van der Waals surface area contributed by atoms with Gasteiger partial charge in [-0.1, -0.05) is 22.0 Å². The molecule has 4 nitrogen and oxygen atoms in total. The zero-order chi connectivity index (χ0) is 12.8. The minimum atomic E-state index is -0.849. The molecular weight excluding hydrogens is 286 g/mol. The van der Waals surface area contributed by atoms with E-state index in [-0.39, 0.29) is 12.3 Å². The number of carbonyl (C=O) groups excluding carboxylic acids is 1. The summed E-state index contributed by atoms with van der Waals surface area (Å²) >= 11 is 3.36. The maximum absolute atomic E-state index is 11.8. The molecule has 92 valence electrons. The Morgan fingerprint density at radius 1 is 1.41 bits per heavy atom. The van der Waals surface area contributed by atoms with Crippen LogP contribution in [-0.4, -0.2) is 23.5 Å². The first-order valence-electron chi connectivity index (χ1n) is 5.27. The number of aliphatic carboxylic acids is 1. The van der Waals surface area contributed by atoms with E-state index in [4.69, 9.17) is 5.11 Å². The molecule has 1 amide bonds. The van der Waals surface area contributed by atoms with Gasteiger partial charge in [0.05, 0.1) is 0 Å². The van der Waals surface area contributed by atoms with E-state index in [0.29, 0.717) is 18.5 Å². The van der Waals surface area contributed by atoms with Crippen molar-refractivity contribution in [2.45, 2.75) is 19.8 Å². The fourth-order valence-corrected chi connectivity index (χ4v) is 1.76. The molecule has 2 N–H and O–H groups in total. The van der Waals surface area contributed by atoms with Crippen molar-refractivity contribution in [2.75, 3.05) is 6.54 Å². The van der Waals surface area contributed by atoms with Gasteiger partial charge in [0.25, 0.3) is 5.91 Å². The Morgan fingerprint density at radius 3 is 2.76 bits per heavy atom.